The smallest absolute Gasteiger partial charge is 0.255 e. The zero-order valence-corrected chi connectivity index (χ0v) is 14.2. The van der Waals surface area contributed by atoms with Crippen LogP contribution in [0.4, 0.5) is 10.1 Å². The number of halogens is 4. The normalized spacial score (nSPS) is 10.4. The van der Waals surface area contributed by atoms with Gasteiger partial charge in [0.2, 0.25) is 0 Å². The van der Waals surface area contributed by atoms with E-state index < -0.39 is 0 Å². The van der Waals surface area contributed by atoms with Crippen LogP contribution in [0.1, 0.15) is 15.9 Å². The van der Waals surface area contributed by atoms with Gasteiger partial charge in [-0.15, -0.1) is 0 Å². The van der Waals surface area contributed by atoms with Crippen molar-refractivity contribution in [2.24, 2.45) is 0 Å². The van der Waals surface area contributed by atoms with E-state index in [0.29, 0.717) is 26.3 Å². The number of amides is 1. The maximum absolute atomic E-state index is 13.3. The second-order valence-corrected chi connectivity index (χ2v) is 6.28. The third kappa shape index (κ3) is 3.40. The summed E-state index contributed by atoms with van der Waals surface area (Å²) in [5.74, 6) is -0.673. The van der Waals surface area contributed by atoms with E-state index in [9.17, 15) is 9.18 Å². The van der Waals surface area contributed by atoms with Crippen LogP contribution in [0.5, 0.6) is 0 Å². The number of rotatable bonds is 2. The number of aryl methyl sites for hydroxylation is 1. The Morgan fingerprint density at radius 2 is 1.90 bits per heavy atom. The van der Waals surface area contributed by atoms with Crippen LogP contribution in [-0.4, -0.2) is 5.91 Å². The molecule has 1 N–H and O–H groups in total. The minimum atomic E-state index is -0.368. The first-order valence-corrected chi connectivity index (χ1v) is 7.57. The van der Waals surface area contributed by atoms with Crippen LogP contribution in [0, 0.1) is 12.7 Å². The molecule has 1 amide bonds. The number of anilines is 1. The number of hydrogen-bond donors (Lipinski definition) is 1. The van der Waals surface area contributed by atoms with Crippen LogP contribution < -0.4 is 5.32 Å². The zero-order chi connectivity index (χ0) is 14.9. The fraction of sp³-hybridized carbons (Fsp3) is 0.0714. The first-order chi connectivity index (χ1) is 9.38. The largest absolute Gasteiger partial charge is 0.322 e. The lowest BCUT2D eigenvalue weighted by Gasteiger charge is -2.10. The SMILES string of the molecule is Cc1cc(F)c(Br)cc1NC(=O)c1ccc(Br)c(Cl)c1. The Labute approximate surface area is 137 Å². The molecule has 0 saturated heterocycles. The molecule has 2 aromatic rings. The first kappa shape index (κ1) is 15.5. The second-order valence-electron chi connectivity index (χ2n) is 4.16. The van der Waals surface area contributed by atoms with Crippen LogP contribution in [0.25, 0.3) is 0 Å². The lowest BCUT2D eigenvalue weighted by molar-refractivity contribution is 0.102. The van der Waals surface area contributed by atoms with Gasteiger partial charge in [-0.2, -0.15) is 0 Å². The molecule has 0 heterocycles. The Morgan fingerprint density at radius 3 is 2.55 bits per heavy atom. The topological polar surface area (TPSA) is 29.1 Å². The number of hydrogen-bond acceptors (Lipinski definition) is 1. The number of benzene rings is 2. The minimum Gasteiger partial charge on any atom is -0.322 e. The molecule has 0 aliphatic rings. The minimum absolute atomic E-state index is 0.298. The summed E-state index contributed by atoms with van der Waals surface area (Å²) in [6, 6.07) is 7.80. The summed E-state index contributed by atoms with van der Waals surface area (Å²) >= 11 is 12.3. The number of nitrogens with one attached hydrogen (secondary N) is 1. The third-order valence-electron chi connectivity index (χ3n) is 2.70. The predicted molar refractivity (Wildman–Crippen MR) is 85.9 cm³/mol. The van der Waals surface area contributed by atoms with Crippen molar-refractivity contribution in [1.82, 2.24) is 0 Å². The first-order valence-electron chi connectivity index (χ1n) is 5.60. The van der Waals surface area contributed by atoms with Crippen molar-refractivity contribution in [2.75, 3.05) is 5.32 Å². The Morgan fingerprint density at radius 1 is 1.20 bits per heavy atom. The summed E-state index contributed by atoms with van der Waals surface area (Å²) in [6.45, 7) is 1.72. The number of carbonyl (C=O) groups excluding carboxylic acids is 1. The molecule has 0 fully saturated rings. The summed E-state index contributed by atoms with van der Waals surface area (Å²) in [7, 11) is 0. The highest BCUT2D eigenvalue weighted by molar-refractivity contribution is 9.10. The van der Waals surface area contributed by atoms with Gasteiger partial charge in [0.15, 0.2) is 0 Å². The van der Waals surface area contributed by atoms with E-state index in [0.717, 1.165) is 4.47 Å². The molecule has 104 valence electrons. The summed E-state index contributed by atoms with van der Waals surface area (Å²) in [5.41, 5.74) is 1.61. The Balaban J connectivity index is 2.27. The molecule has 2 aromatic carbocycles. The molecule has 0 unspecified atom stereocenters. The van der Waals surface area contributed by atoms with Crippen molar-refractivity contribution in [3.8, 4) is 0 Å². The monoisotopic (exact) mass is 419 g/mol. The fourth-order valence-electron chi connectivity index (χ4n) is 1.61. The molecule has 0 spiro atoms. The summed E-state index contributed by atoms with van der Waals surface area (Å²) in [5, 5.41) is 3.19. The molecule has 6 heteroatoms. The molecule has 0 bridgehead atoms. The third-order valence-corrected chi connectivity index (χ3v) is 4.54. The van der Waals surface area contributed by atoms with Crippen molar-refractivity contribution in [2.45, 2.75) is 6.92 Å². The molecule has 2 rings (SSSR count). The van der Waals surface area contributed by atoms with Gasteiger partial charge in [0.1, 0.15) is 5.82 Å². The summed E-state index contributed by atoms with van der Waals surface area (Å²) < 4.78 is 14.4. The summed E-state index contributed by atoms with van der Waals surface area (Å²) in [6.07, 6.45) is 0. The van der Waals surface area contributed by atoms with Gasteiger partial charge in [0.25, 0.3) is 5.91 Å². The van der Waals surface area contributed by atoms with Gasteiger partial charge in [-0.3, -0.25) is 4.79 Å². The zero-order valence-electron chi connectivity index (χ0n) is 10.3. The van der Waals surface area contributed by atoms with Crippen molar-refractivity contribution < 1.29 is 9.18 Å². The fourth-order valence-corrected chi connectivity index (χ4v) is 2.38. The van der Waals surface area contributed by atoms with E-state index >= 15 is 0 Å². The van der Waals surface area contributed by atoms with Crippen molar-refractivity contribution in [3.05, 3.63) is 61.2 Å². The molecule has 0 radical (unpaired) electrons. The second kappa shape index (κ2) is 6.24. The highest BCUT2D eigenvalue weighted by Gasteiger charge is 2.11. The highest BCUT2D eigenvalue weighted by Crippen LogP contribution is 2.26. The van der Waals surface area contributed by atoms with Crippen LogP contribution >= 0.6 is 43.5 Å². The van der Waals surface area contributed by atoms with Gasteiger partial charge in [-0.05, 0) is 74.7 Å². The van der Waals surface area contributed by atoms with E-state index in [-0.39, 0.29) is 11.7 Å². The van der Waals surface area contributed by atoms with Crippen LogP contribution in [-0.2, 0) is 0 Å². The summed E-state index contributed by atoms with van der Waals surface area (Å²) in [4.78, 5) is 12.1. The van der Waals surface area contributed by atoms with Crippen molar-refractivity contribution >= 4 is 55.1 Å². The average Bonchev–Trinajstić information content (AvgIpc) is 2.39. The highest BCUT2D eigenvalue weighted by atomic mass is 79.9. The van der Waals surface area contributed by atoms with Crippen LogP contribution in [0.3, 0.4) is 0 Å². The quantitative estimate of drug-likeness (QED) is 0.675. The molecule has 20 heavy (non-hydrogen) atoms. The molecule has 0 aliphatic heterocycles. The molecule has 0 atom stereocenters. The molecular weight excluding hydrogens is 412 g/mol. The van der Waals surface area contributed by atoms with E-state index in [4.69, 9.17) is 11.6 Å². The van der Waals surface area contributed by atoms with E-state index in [2.05, 4.69) is 37.2 Å². The lowest BCUT2D eigenvalue weighted by Crippen LogP contribution is -2.13. The Hall–Kier alpha value is -0.910. The van der Waals surface area contributed by atoms with Gasteiger partial charge in [-0.1, -0.05) is 11.6 Å². The van der Waals surface area contributed by atoms with Gasteiger partial charge < -0.3 is 5.32 Å². The Bertz CT molecular complexity index is 691. The molecule has 2 nitrogen and oxygen atoms in total. The van der Waals surface area contributed by atoms with Gasteiger partial charge in [0, 0.05) is 15.7 Å². The maximum Gasteiger partial charge on any atom is 0.255 e. The molecular formula is C14H9Br2ClFNO. The van der Waals surface area contributed by atoms with Gasteiger partial charge in [0.05, 0.1) is 9.50 Å². The van der Waals surface area contributed by atoms with Gasteiger partial charge >= 0.3 is 0 Å². The van der Waals surface area contributed by atoms with E-state index in [1.165, 1.54) is 12.1 Å². The van der Waals surface area contributed by atoms with Crippen molar-refractivity contribution in [3.63, 3.8) is 0 Å². The van der Waals surface area contributed by atoms with Crippen LogP contribution in [0.15, 0.2) is 39.3 Å². The predicted octanol–water partition coefficient (Wildman–Crippen LogP) is 5.56. The van der Waals surface area contributed by atoms with E-state index in [1.807, 2.05) is 0 Å². The Kier molecular flexibility index (Phi) is 4.83. The number of carbonyl (C=O) groups is 1. The maximum atomic E-state index is 13.3. The molecule has 0 saturated carbocycles. The van der Waals surface area contributed by atoms with E-state index in [1.54, 1.807) is 25.1 Å². The molecule has 0 aliphatic carbocycles. The van der Waals surface area contributed by atoms with Crippen molar-refractivity contribution in [1.29, 1.82) is 0 Å². The standard InChI is InChI=1S/C14H9Br2ClFNO/c1-7-4-12(18)10(16)6-13(7)19-14(20)8-2-3-9(15)11(17)5-8/h2-6H,1H3,(H,19,20). The molecule has 0 aromatic heterocycles. The van der Waals surface area contributed by atoms with Crippen LogP contribution in [0.2, 0.25) is 5.02 Å². The van der Waals surface area contributed by atoms with Gasteiger partial charge in [-0.25, -0.2) is 4.39 Å². The lowest BCUT2D eigenvalue weighted by atomic mass is 10.1. The average molecular weight is 421 g/mol.